The number of halogens is 1. The van der Waals surface area contributed by atoms with Crippen LogP contribution in [0.2, 0.25) is 0 Å². The molecule has 2 aromatic carbocycles. The molecule has 43 heavy (non-hydrogen) atoms. The SMILES string of the molecule is CCOc1cc(C2=NN(Cc3ccc(NC(=O)c4ccncc4)cc3)C(=O)CC2)ccc1OC.O=C(Cl)c1ccncc1. The summed E-state index contributed by atoms with van der Waals surface area (Å²) in [7, 11) is 1.60. The second-order valence-electron chi connectivity index (χ2n) is 9.19. The van der Waals surface area contributed by atoms with Gasteiger partial charge in [0.05, 0.1) is 26.0 Å². The molecule has 4 aromatic rings. The topological polar surface area (TPSA) is 123 Å². The van der Waals surface area contributed by atoms with Crippen molar-refractivity contribution in [3.8, 4) is 11.5 Å². The van der Waals surface area contributed by atoms with Crippen molar-refractivity contribution < 1.29 is 23.9 Å². The van der Waals surface area contributed by atoms with Crippen LogP contribution in [0.5, 0.6) is 11.5 Å². The number of benzene rings is 2. The molecule has 10 nitrogen and oxygen atoms in total. The van der Waals surface area contributed by atoms with Gasteiger partial charge in [-0.1, -0.05) is 12.1 Å². The van der Waals surface area contributed by atoms with Crippen molar-refractivity contribution in [2.24, 2.45) is 5.10 Å². The lowest BCUT2D eigenvalue weighted by Gasteiger charge is -2.24. The third-order valence-electron chi connectivity index (χ3n) is 6.30. The Morgan fingerprint density at radius 3 is 2.12 bits per heavy atom. The quantitative estimate of drug-likeness (QED) is 0.244. The number of aromatic nitrogens is 2. The molecule has 2 aromatic heterocycles. The second-order valence-corrected chi connectivity index (χ2v) is 9.54. The number of pyridine rings is 2. The number of nitrogens with zero attached hydrogens (tertiary/aromatic N) is 4. The van der Waals surface area contributed by atoms with Gasteiger partial charge in [-0.05, 0) is 78.7 Å². The maximum Gasteiger partial charge on any atom is 0.255 e. The number of hydrogen-bond acceptors (Lipinski definition) is 8. The van der Waals surface area contributed by atoms with E-state index >= 15 is 0 Å². The van der Waals surface area contributed by atoms with Crippen LogP contribution in [0.4, 0.5) is 5.69 Å². The fraction of sp³-hybridized carbons (Fsp3) is 0.188. The summed E-state index contributed by atoms with van der Waals surface area (Å²) in [6.45, 7) is 2.78. The minimum atomic E-state index is -0.447. The first-order valence-electron chi connectivity index (χ1n) is 13.5. The van der Waals surface area contributed by atoms with Gasteiger partial charge < -0.3 is 14.8 Å². The van der Waals surface area contributed by atoms with E-state index in [0.717, 1.165) is 16.8 Å². The standard InChI is InChI=1S/C26H26N4O4.C6H4ClNO/c1-3-34-24-16-20(6-10-23(24)33-2)22-9-11-25(31)30(29-22)17-18-4-7-21(8-5-18)28-26(32)19-12-14-27-15-13-19;7-6(9)5-1-3-8-4-2-5/h4-8,10,12-16H,3,9,11,17H2,1-2H3,(H,28,32);1-4H. The Balaban J connectivity index is 0.000000403. The van der Waals surface area contributed by atoms with E-state index in [1.807, 2.05) is 49.4 Å². The lowest BCUT2D eigenvalue weighted by Crippen LogP contribution is -2.31. The number of amides is 2. The molecule has 0 atom stereocenters. The zero-order chi connectivity index (χ0) is 30.6. The molecule has 1 N–H and O–H groups in total. The summed E-state index contributed by atoms with van der Waals surface area (Å²) in [5.41, 5.74) is 4.31. The summed E-state index contributed by atoms with van der Waals surface area (Å²) in [4.78, 5) is 42.9. The molecule has 1 aliphatic rings. The normalized spacial score (nSPS) is 12.4. The number of rotatable bonds is 9. The van der Waals surface area contributed by atoms with Gasteiger partial charge in [0.25, 0.3) is 11.1 Å². The van der Waals surface area contributed by atoms with Crippen LogP contribution >= 0.6 is 11.6 Å². The number of hydrogen-bond donors (Lipinski definition) is 1. The summed E-state index contributed by atoms with van der Waals surface area (Å²) >= 11 is 5.14. The smallest absolute Gasteiger partial charge is 0.255 e. The number of anilines is 1. The highest BCUT2D eigenvalue weighted by molar-refractivity contribution is 6.67. The van der Waals surface area contributed by atoms with Crippen LogP contribution < -0.4 is 14.8 Å². The highest BCUT2D eigenvalue weighted by Gasteiger charge is 2.22. The summed E-state index contributed by atoms with van der Waals surface area (Å²) in [6, 6.07) is 19.5. The van der Waals surface area contributed by atoms with Crippen molar-refractivity contribution in [2.75, 3.05) is 19.0 Å². The molecule has 0 bridgehead atoms. The molecule has 0 spiro atoms. The predicted octanol–water partition coefficient (Wildman–Crippen LogP) is 5.73. The van der Waals surface area contributed by atoms with E-state index in [1.165, 1.54) is 17.4 Å². The van der Waals surface area contributed by atoms with Gasteiger partial charge in [0.1, 0.15) is 0 Å². The van der Waals surface area contributed by atoms with Crippen molar-refractivity contribution in [3.05, 3.63) is 114 Å². The Labute approximate surface area is 254 Å². The lowest BCUT2D eigenvalue weighted by molar-refractivity contribution is -0.132. The number of ether oxygens (including phenoxy) is 2. The fourth-order valence-electron chi connectivity index (χ4n) is 4.11. The van der Waals surface area contributed by atoms with E-state index in [1.54, 1.807) is 43.8 Å². The van der Waals surface area contributed by atoms with Gasteiger partial charge in [0, 0.05) is 60.0 Å². The van der Waals surface area contributed by atoms with Crippen LogP contribution in [0.15, 0.2) is 96.6 Å². The zero-order valence-electron chi connectivity index (χ0n) is 23.7. The van der Waals surface area contributed by atoms with E-state index < -0.39 is 5.24 Å². The Morgan fingerprint density at radius 2 is 1.53 bits per heavy atom. The minimum Gasteiger partial charge on any atom is -0.493 e. The minimum absolute atomic E-state index is 0.0302. The molecule has 0 fully saturated rings. The predicted molar refractivity (Wildman–Crippen MR) is 164 cm³/mol. The fourth-order valence-corrected chi connectivity index (χ4v) is 4.24. The molecular weight excluding hydrogens is 570 g/mol. The van der Waals surface area contributed by atoms with Crippen molar-refractivity contribution in [3.63, 3.8) is 0 Å². The third kappa shape index (κ3) is 8.70. The van der Waals surface area contributed by atoms with Crippen LogP contribution in [0, 0.1) is 0 Å². The molecule has 5 rings (SSSR count). The molecular formula is C32H30ClN5O5. The summed E-state index contributed by atoms with van der Waals surface area (Å²) in [5.74, 6) is 1.07. The Hall–Kier alpha value is -5.09. The maximum atomic E-state index is 12.5. The molecule has 1 aliphatic heterocycles. The van der Waals surface area contributed by atoms with Crippen LogP contribution in [0.25, 0.3) is 0 Å². The van der Waals surface area contributed by atoms with Gasteiger partial charge >= 0.3 is 0 Å². The van der Waals surface area contributed by atoms with Crippen LogP contribution in [0.3, 0.4) is 0 Å². The maximum absolute atomic E-state index is 12.5. The molecule has 3 heterocycles. The molecule has 0 aliphatic carbocycles. The number of carbonyl (C=O) groups excluding carboxylic acids is 3. The van der Waals surface area contributed by atoms with Gasteiger partial charge in [-0.2, -0.15) is 5.10 Å². The van der Waals surface area contributed by atoms with E-state index in [4.69, 9.17) is 21.1 Å². The highest BCUT2D eigenvalue weighted by Crippen LogP contribution is 2.30. The first-order valence-corrected chi connectivity index (χ1v) is 13.8. The molecule has 0 saturated heterocycles. The van der Waals surface area contributed by atoms with Crippen molar-refractivity contribution >= 4 is 40.1 Å². The lowest BCUT2D eigenvalue weighted by atomic mass is 10.0. The summed E-state index contributed by atoms with van der Waals surface area (Å²) in [6.07, 6.45) is 7.14. The molecule has 0 radical (unpaired) electrons. The van der Waals surface area contributed by atoms with E-state index in [9.17, 15) is 14.4 Å². The van der Waals surface area contributed by atoms with Crippen molar-refractivity contribution in [2.45, 2.75) is 26.3 Å². The number of carbonyl (C=O) groups is 3. The largest absolute Gasteiger partial charge is 0.493 e. The van der Waals surface area contributed by atoms with E-state index in [2.05, 4.69) is 20.4 Å². The van der Waals surface area contributed by atoms with Crippen LogP contribution in [0.1, 0.15) is 51.6 Å². The van der Waals surface area contributed by atoms with Gasteiger partial charge in [0.2, 0.25) is 5.91 Å². The average molecular weight is 600 g/mol. The number of methoxy groups -OCH3 is 1. The van der Waals surface area contributed by atoms with Gasteiger partial charge in [-0.25, -0.2) is 5.01 Å². The summed E-state index contributed by atoms with van der Waals surface area (Å²) in [5, 5.41) is 8.53. The van der Waals surface area contributed by atoms with Crippen molar-refractivity contribution in [1.29, 1.82) is 0 Å². The van der Waals surface area contributed by atoms with Crippen LogP contribution in [-0.2, 0) is 11.3 Å². The Morgan fingerprint density at radius 1 is 0.884 bits per heavy atom. The molecule has 2 amide bonds. The van der Waals surface area contributed by atoms with Gasteiger partial charge in [-0.15, -0.1) is 0 Å². The third-order valence-corrected chi connectivity index (χ3v) is 6.51. The summed E-state index contributed by atoms with van der Waals surface area (Å²) < 4.78 is 11.0. The second kappa shape index (κ2) is 15.2. The van der Waals surface area contributed by atoms with E-state index in [0.29, 0.717) is 54.3 Å². The number of hydrazone groups is 1. The van der Waals surface area contributed by atoms with Gasteiger partial charge in [-0.3, -0.25) is 24.4 Å². The van der Waals surface area contributed by atoms with Crippen molar-refractivity contribution in [1.82, 2.24) is 15.0 Å². The molecule has 220 valence electrons. The monoisotopic (exact) mass is 599 g/mol. The highest BCUT2D eigenvalue weighted by atomic mass is 35.5. The number of nitrogens with one attached hydrogen (secondary N) is 1. The first kappa shape index (κ1) is 30.9. The molecule has 0 unspecified atom stereocenters. The van der Waals surface area contributed by atoms with Gasteiger partial charge in [0.15, 0.2) is 11.5 Å². The Bertz CT molecular complexity index is 1580. The zero-order valence-corrected chi connectivity index (χ0v) is 24.5. The van der Waals surface area contributed by atoms with Crippen LogP contribution in [-0.4, -0.2) is 51.5 Å². The average Bonchev–Trinajstić information content (AvgIpc) is 3.04. The molecule has 0 saturated carbocycles. The van der Waals surface area contributed by atoms with E-state index in [-0.39, 0.29) is 11.8 Å². The Kier molecular flexibility index (Phi) is 10.9. The first-order chi connectivity index (χ1) is 20.9. The molecule has 11 heteroatoms.